The van der Waals surface area contributed by atoms with Crippen LogP contribution in [-0.4, -0.2) is 18.3 Å². The number of aromatic nitrogens is 1. The highest BCUT2D eigenvalue weighted by atomic mass is 79.9. The molecule has 3 aromatic rings. The summed E-state index contributed by atoms with van der Waals surface area (Å²) in [5.74, 6) is 0. The molecule has 1 aromatic heterocycles. The third-order valence-electron chi connectivity index (χ3n) is 2.92. The van der Waals surface area contributed by atoms with E-state index in [1.54, 1.807) is 12.1 Å². The first-order valence-electron chi connectivity index (χ1n) is 6.19. The number of anilines is 1. The molecule has 0 bridgehead atoms. The molecule has 0 aliphatic heterocycles. The normalized spacial score (nSPS) is 11.5. The lowest BCUT2D eigenvalue weighted by molar-refractivity contribution is -0.387. The van der Waals surface area contributed by atoms with Crippen LogP contribution in [0.25, 0.3) is 10.2 Å². The van der Waals surface area contributed by atoms with Crippen molar-refractivity contribution >= 4 is 58.3 Å². The number of nitro benzene ring substituents is 1. The minimum Gasteiger partial charge on any atom is -0.258 e. The predicted molar refractivity (Wildman–Crippen MR) is 91.2 cm³/mol. The number of rotatable bonds is 4. The molecule has 0 fully saturated rings. The third kappa shape index (κ3) is 3.19. The summed E-state index contributed by atoms with van der Waals surface area (Å²) in [7, 11) is -4.10. The van der Waals surface area contributed by atoms with E-state index in [0.717, 1.165) is 26.6 Å². The van der Waals surface area contributed by atoms with E-state index < -0.39 is 25.5 Å². The first-order chi connectivity index (χ1) is 10.9. The van der Waals surface area contributed by atoms with Crippen LogP contribution in [-0.2, 0) is 10.0 Å². The summed E-state index contributed by atoms with van der Waals surface area (Å²) in [6.45, 7) is 0. The summed E-state index contributed by atoms with van der Waals surface area (Å²) < 4.78 is 28.8. The first kappa shape index (κ1) is 15.8. The van der Waals surface area contributed by atoms with Crippen molar-refractivity contribution in [2.24, 2.45) is 0 Å². The zero-order chi connectivity index (χ0) is 16.6. The van der Waals surface area contributed by atoms with E-state index in [-0.39, 0.29) is 5.13 Å². The molecule has 118 valence electrons. The van der Waals surface area contributed by atoms with Crippen molar-refractivity contribution < 1.29 is 13.3 Å². The Morgan fingerprint density at radius 1 is 1.22 bits per heavy atom. The molecule has 2 aromatic carbocycles. The number of thiazole rings is 1. The van der Waals surface area contributed by atoms with Gasteiger partial charge in [-0.1, -0.05) is 39.4 Å². The Bertz CT molecular complexity index is 1020. The summed E-state index contributed by atoms with van der Waals surface area (Å²) in [6, 6.07) is 10.5. The Labute approximate surface area is 143 Å². The molecule has 0 saturated heterocycles. The highest BCUT2D eigenvalue weighted by molar-refractivity contribution is 9.10. The van der Waals surface area contributed by atoms with Gasteiger partial charge < -0.3 is 0 Å². The van der Waals surface area contributed by atoms with Gasteiger partial charge in [0.1, 0.15) is 0 Å². The fraction of sp³-hybridized carbons (Fsp3) is 0. The van der Waals surface area contributed by atoms with Gasteiger partial charge in [0, 0.05) is 10.5 Å². The van der Waals surface area contributed by atoms with E-state index in [4.69, 9.17) is 0 Å². The number of fused-ring (bicyclic) bond motifs is 1. The average Bonchev–Trinajstić information content (AvgIpc) is 2.87. The van der Waals surface area contributed by atoms with Crippen molar-refractivity contribution in [1.82, 2.24) is 4.98 Å². The summed E-state index contributed by atoms with van der Waals surface area (Å²) in [5.41, 5.74) is 0.155. The van der Waals surface area contributed by atoms with E-state index in [9.17, 15) is 18.5 Å². The Hall–Kier alpha value is -2.04. The van der Waals surface area contributed by atoms with Crippen molar-refractivity contribution in [2.75, 3.05) is 4.72 Å². The maximum Gasteiger partial charge on any atom is 0.289 e. The number of hydrogen-bond donors (Lipinski definition) is 1. The van der Waals surface area contributed by atoms with E-state index >= 15 is 0 Å². The molecule has 23 heavy (non-hydrogen) atoms. The third-order valence-corrected chi connectivity index (χ3v) is 5.87. The molecule has 0 saturated carbocycles. The number of hydrogen-bond acceptors (Lipinski definition) is 6. The Kier molecular flexibility index (Phi) is 4.04. The minimum atomic E-state index is -4.10. The van der Waals surface area contributed by atoms with E-state index in [2.05, 4.69) is 25.6 Å². The molecule has 0 unspecified atom stereocenters. The second-order valence-electron chi connectivity index (χ2n) is 4.46. The molecule has 1 N–H and O–H groups in total. The second kappa shape index (κ2) is 5.87. The molecule has 1 heterocycles. The van der Waals surface area contributed by atoms with Crippen molar-refractivity contribution in [3.63, 3.8) is 0 Å². The van der Waals surface area contributed by atoms with Crippen molar-refractivity contribution in [3.8, 4) is 0 Å². The number of sulfonamides is 1. The highest BCUT2D eigenvalue weighted by Gasteiger charge is 2.26. The van der Waals surface area contributed by atoms with Crippen molar-refractivity contribution in [2.45, 2.75) is 4.90 Å². The van der Waals surface area contributed by atoms with Gasteiger partial charge in [-0.3, -0.25) is 14.8 Å². The molecule has 10 heteroatoms. The van der Waals surface area contributed by atoms with Crippen LogP contribution in [0, 0.1) is 10.1 Å². The number of nitrogens with one attached hydrogen (secondary N) is 1. The molecular weight excluding hydrogens is 406 g/mol. The van der Waals surface area contributed by atoms with E-state index in [0.29, 0.717) is 5.52 Å². The van der Waals surface area contributed by atoms with Crippen LogP contribution in [0.4, 0.5) is 10.8 Å². The smallest absolute Gasteiger partial charge is 0.258 e. The van der Waals surface area contributed by atoms with Crippen LogP contribution < -0.4 is 4.72 Å². The Morgan fingerprint density at radius 2 is 1.96 bits per heavy atom. The number of nitrogens with zero attached hydrogens (tertiary/aromatic N) is 2. The maximum atomic E-state index is 12.4. The molecule has 0 aliphatic rings. The van der Waals surface area contributed by atoms with E-state index in [1.165, 1.54) is 18.2 Å². The van der Waals surface area contributed by atoms with Crippen molar-refractivity contribution in [1.29, 1.82) is 0 Å². The van der Waals surface area contributed by atoms with Gasteiger partial charge in [-0.25, -0.2) is 13.4 Å². The van der Waals surface area contributed by atoms with Gasteiger partial charge in [0.15, 0.2) is 10.0 Å². The monoisotopic (exact) mass is 413 g/mol. The average molecular weight is 414 g/mol. The number of nitro groups is 1. The van der Waals surface area contributed by atoms with Crippen LogP contribution in [0.1, 0.15) is 0 Å². The number of benzene rings is 2. The number of para-hydroxylation sites is 1. The Balaban J connectivity index is 2.02. The molecule has 0 spiro atoms. The molecular formula is C13H8BrN3O4S2. The van der Waals surface area contributed by atoms with Crippen LogP contribution in [0.3, 0.4) is 0 Å². The van der Waals surface area contributed by atoms with Crippen molar-refractivity contribution in [3.05, 3.63) is 57.1 Å². The molecule has 0 aliphatic carbocycles. The maximum absolute atomic E-state index is 12.4. The van der Waals surface area contributed by atoms with Gasteiger partial charge in [-0.2, -0.15) is 0 Å². The quantitative estimate of drug-likeness (QED) is 0.517. The predicted octanol–water partition coefficient (Wildman–Crippen LogP) is 3.77. The Morgan fingerprint density at radius 3 is 2.70 bits per heavy atom. The zero-order valence-corrected chi connectivity index (χ0v) is 14.5. The lowest BCUT2D eigenvalue weighted by atomic mass is 10.3. The van der Waals surface area contributed by atoms with Crippen LogP contribution in [0.15, 0.2) is 51.8 Å². The molecule has 3 rings (SSSR count). The SMILES string of the molecule is O=[N+]([O-])c1ccccc1S(=O)(=O)Nc1nc2ccc(Br)cc2s1. The molecule has 7 nitrogen and oxygen atoms in total. The fourth-order valence-electron chi connectivity index (χ4n) is 1.95. The van der Waals surface area contributed by atoms with Gasteiger partial charge >= 0.3 is 0 Å². The summed E-state index contributed by atoms with van der Waals surface area (Å²) in [5, 5.41) is 11.1. The molecule has 0 amide bonds. The zero-order valence-electron chi connectivity index (χ0n) is 11.3. The lowest BCUT2D eigenvalue weighted by Gasteiger charge is -2.05. The van der Waals surface area contributed by atoms with Gasteiger partial charge in [-0.15, -0.1) is 0 Å². The van der Waals surface area contributed by atoms with Gasteiger partial charge in [0.25, 0.3) is 15.7 Å². The van der Waals surface area contributed by atoms with Gasteiger partial charge in [-0.05, 0) is 24.3 Å². The molecule has 0 radical (unpaired) electrons. The summed E-state index contributed by atoms with van der Waals surface area (Å²) in [4.78, 5) is 14.0. The minimum absolute atomic E-state index is 0.149. The lowest BCUT2D eigenvalue weighted by Crippen LogP contribution is -2.14. The van der Waals surface area contributed by atoms with Gasteiger partial charge in [0.2, 0.25) is 0 Å². The highest BCUT2D eigenvalue weighted by Crippen LogP contribution is 2.31. The summed E-state index contributed by atoms with van der Waals surface area (Å²) in [6.07, 6.45) is 0. The fourth-order valence-corrected chi connectivity index (χ4v) is 4.77. The second-order valence-corrected chi connectivity index (χ2v) is 8.06. The largest absolute Gasteiger partial charge is 0.289 e. The molecule has 0 atom stereocenters. The van der Waals surface area contributed by atoms with E-state index in [1.807, 2.05) is 6.07 Å². The first-order valence-corrected chi connectivity index (χ1v) is 9.28. The van der Waals surface area contributed by atoms with Crippen LogP contribution in [0.2, 0.25) is 0 Å². The topological polar surface area (TPSA) is 102 Å². The van der Waals surface area contributed by atoms with Crippen LogP contribution in [0.5, 0.6) is 0 Å². The van der Waals surface area contributed by atoms with Crippen LogP contribution >= 0.6 is 27.3 Å². The standard InChI is InChI=1S/C13H8BrN3O4S2/c14-8-5-6-9-11(7-8)22-13(15-9)16-23(20,21)12-4-2-1-3-10(12)17(18)19/h1-7H,(H,15,16). The number of halogens is 1. The summed E-state index contributed by atoms with van der Waals surface area (Å²) >= 11 is 4.48. The van der Waals surface area contributed by atoms with Gasteiger partial charge in [0.05, 0.1) is 15.1 Å².